The van der Waals surface area contributed by atoms with Gasteiger partial charge >= 0.3 is 0 Å². The van der Waals surface area contributed by atoms with Gasteiger partial charge in [-0.2, -0.15) is 0 Å². The van der Waals surface area contributed by atoms with Crippen molar-refractivity contribution in [3.63, 3.8) is 0 Å². The van der Waals surface area contributed by atoms with Crippen LogP contribution in [-0.2, 0) is 19.0 Å². The summed E-state index contributed by atoms with van der Waals surface area (Å²) in [6.07, 6.45) is -0.774. The van der Waals surface area contributed by atoms with E-state index in [0.717, 1.165) is 0 Å². The van der Waals surface area contributed by atoms with E-state index in [2.05, 4.69) is 6.58 Å². The van der Waals surface area contributed by atoms with Crippen LogP contribution in [0.25, 0.3) is 0 Å². The monoisotopic (exact) mass is 552 g/mol. The Hall–Kier alpha value is -1.09. The highest BCUT2D eigenvalue weighted by Gasteiger charge is 2.60. The van der Waals surface area contributed by atoms with Gasteiger partial charge in [0.05, 0.1) is 24.2 Å². The van der Waals surface area contributed by atoms with Gasteiger partial charge in [0, 0.05) is 31.2 Å². The van der Waals surface area contributed by atoms with Gasteiger partial charge in [0.2, 0.25) is 0 Å². The third-order valence-electron chi connectivity index (χ3n) is 8.06. The van der Waals surface area contributed by atoms with Crippen LogP contribution >= 0.6 is 0 Å². The number of hydrogen-bond acceptors (Lipinski definition) is 7. The minimum absolute atomic E-state index is 0.126. The van der Waals surface area contributed by atoms with E-state index in [1.807, 2.05) is 68.4 Å². The molecule has 0 saturated heterocycles. The topological polar surface area (TPSA) is 105 Å². The van der Waals surface area contributed by atoms with Crippen molar-refractivity contribution in [2.24, 2.45) is 40.9 Å². The van der Waals surface area contributed by atoms with Gasteiger partial charge < -0.3 is 29.5 Å². The van der Waals surface area contributed by atoms with Gasteiger partial charge in [0.1, 0.15) is 17.8 Å². The van der Waals surface area contributed by atoms with E-state index in [4.69, 9.17) is 14.2 Å². The predicted molar refractivity (Wildman–Crippen MR) is 154 cm³/mol. The van der Waals surface area contributed by atoms with Crippen LogP contribution < -0.4 is 0 Å². The molecule has 1 saturated carbocycles. The third kappa shape index (κ3) is 8.02. The van der Waals surface area contributed by atoms with E-state index in [1.165, 1.54) is 0 Å². The Kier molecular flexibility index (Phi) is 12.0. The first kappa shape index (κ1) is 34.1. The summed E-state index contributed by atoms with van der Waals surface area (Å²) in [6, 6.07) is 0. The fourth-order valence-corrected chi connectivity index (χ4v) is 5.73. The van der Waals surface area contributed by atoms with Gasteiger partial charge in [-0.1, -0.05) is 88.0 Å². The molecule has 7 heteroatoms. The molecule has 0 aromatic heterocycles. The van der Waals surface area contributed by atoms with E-state index in [9.17, 15) is 20.1 Å². The van der Waals surface area contributed by atoms with E-state index >= 15 is 0 Å². The largest absolute Gasteiger partial charge is 0.392 e. The minimum atomic E-state index is -1.81. The van der Waals surface area contributed by atoms with Gasteiger partial charge in [0.15, 0.2) is 5.78 Å². The lowest BCUT2D eigenvalue weighted by Gasteiger charge is -2.44. The minimum Gasteiger partial charge on any atom is -0.392 e. The number of rotatable bonds is 9. The van der Waals surface area contributed by atoms with Crippen molar-refractivity contribution in [3.8, 4) is 0 Å². The second-order valence-corrected chi connectivity index (χ2v) is 14.0. The zero-order valence-electron chi connectivity index (χ0n) is 26.0. The Bertz CT molecular complexity index is 847. The van der Waals surface area contributed by atoms with Crippen molar-refractivity contribution in [1.82, 2.24) is 0 Å². The summed E-state index contributed by atoms with van der Waals surface area (Å²) in [5.74, 6) is -1.70. The number of ether oxygens (including phenoxy) is 3. The highest BCUT2D eigenvalue weighted by Crippen LogP contribution is 2.47. The number of carbonyl (C=O) groups is 1. The lowest BCUT2D eigenvalue weighted by molar-refractivity contribution is -0.163. The van der Waals surface area contributed by atoms with Crippen molar-refractivity contribution in [2.75, 3.05) is 19.8 Å². The third-order valence-corrected chi connectivity index (χ3v) is 8.06. The first-order chi connectivity index (χ1) is 17.9. The molecule has 0 unspecified atom stereocenters. The number of fused-ring (bicyclic) bond motifs is 1. The van der Waals surface area contributed by atoms with Crippen molar-refractivity contribution < 1.29 is 34.3 Å². The summed E-state index contributed by atoms with van der Waals surface area (Å²) >= 11 is 0. The SMILES string of the molecule is C=C1[C@H](OCC(C)C)[C@@H](OCC(C)C)[C@@H](O)C(C)(C)/C=C/[C@H](C)C(=O)[C@@]2(O)C[C@H](C)[C@H](O)[C@@H]2[C@H]1OCC(C)C. The Morgan fingerprint density at radius 3 is 1.92 bits per heavy atom. The molecule has 0 aromatic carbocycles. The average molecular weight is 553 g/mol. The van der Waals surface area contributed by atoms with Crippen LogP contribution in [-0.4, -0.2) is 77.0 Å². The molecule has 39 heavy (non-hydrogen) atoms. The zero-order valence-corrected chi connectivity index (χ0v) is 26.0. The molecular formula is C32H56O7. The molecule has 0 amide bonds. The molecule has 0 spiro atoms. The molecule has 1 fully saturated rings. The summed E-state index contributed by atoms with van der Waals surface area (Å²) < 4.78 is 19.3. The molecule has 0 heterocycles. The fraction of sp³-hybridized carbons (Fsp3) is 0.844. The van der Waals surface area contributed by atoms with Gasteiger partial charge in [-0.25, -0.2) is 0 Å². The maximum Gasteiger partial charge on any atom is 0.171 e. The molecule has 0 radical (unpaired) electrons. The average Bonchev–Trinajstić information content (AvgIpc) is 3.06. The van der Waals surface area contributed by atoms with Crippen LogP contribution in [0, 0.1) is 40.9 Å². The summed E-state index contributed by atoms with van der Waals surface area (Å²) in [5, 5.41) is 35.3. The van der Waals surface area contributed by atoms with Crippen LogP contribution in [0.15, 0.2) is 24.3 Å². The molecule has 0 aliphatic heterocycles. The maximum absolute atomic E-state index is 13.9. The second-order valence-electron chi connectivity index (χ2n) is 14.0. The molecule has 3 N–H and O–H groups in total. The summed E-state index contributed by atoms with van der Waals surface area (Å²) in [6.45, 7) is 25.1. The van der Waals surface area contributed by atoms with Crippen molar-refractivity contribution in [2.45, 2.75) is 112 Å². The lowest BCUT2D eigenvalue weighted by atomic mass is 9.72. The zero-order chi connectivity index (χ0) is 29.9. The van der Waals surface area contributed by atoms with Gasteiger partial charge in [-0.05, 0) is 35.7 Å². The van der Waals surface area contributed by atoms with Crippen LogP contribution in [0.3, 0.4) is 0 Å². The molecule has 2 aliphatic carbocycles. The Morgan fingerprint density at radius 2 is 1.41 bits per heavy atom. The van der Waals surface area contributed by atoms with E-state index in [0.29, 0.717) is 25.4 Å². The Balaban J connectivity index is 2.80. The number of ketones is 1. The van der Waals surface area contributed by atoms with E-state index in [1.54, 1.807) is 13.0 Å². The van der Waals surface area contributed by atoms with Crippen molar-refractivity contribution in [3.05, 3.63) is 24.3 Å². The van der Waals surface area contributed by atoms with Gasteiger partial charge in [-0.15, -0.1) is 0 Å². The van der Waals surface area contributed by atoms with Crippen LogP contribution in [0.2, 0.25) is 0 Å². The normalized spacial score (nSPS) is 38.7. The predicted octanol–water partition coefficient (Wildman–Crippen LogP) is 4.58. The van der Waals surface area contributed by atoms with Crippen LogP contribution in [0.5, 0.6) is 0 Å². The molecule has 0 aromatic rings. The Labute approximate surface area is 237 Å². The number of aliphatic hydroxyl groups is 3. The molecule has 9 atom stereocenters. The molecule has 7 nitrogen and oxygen atoms in total. The first-order valence-corrected chi connectivity index (χ1v) is 14.8. The van der Waals surface area contributed by atoms with Crippen LogP contribution in [0.1, 0.15) is 75.7 Å². The Morgan fingerprint density at radius 1 is 0.923 bits per heavy atom. The number of aliphatic hydroxyl groups excluding tert-OH is 2. The maximum atomic E-state index is 13.9. The van der Waals surface area contributed by atoms with Gasteiger partial charge in [-0.3, -0.25) is 4.79 Å². The smallest absolute Gasteiger partial charge is 0.171 e. The molecular weight excluding hydrogens is 496 g/mol. The molecule has 2 aliphatic rings. The summed E-state index contributed by atoms with van der Waals surface area (Å²) in [5.41, 5.74) is -2.14. The number of carbonyl (C=O) groups excluding carboxylic acids is 1. The van der Waals surface area contributed by atoms with Crippen LogP contribution in [0.4, 0.5) is 0 Å². The van der Waals surface area contributed by atoms with E-state index in [-0.39, 0.29) is 35.9 Å². The van der Waals surface area contributed by atoms with Crippen molar-refractivity contribution >= 4 is 5.78 Å². The number of allylic oxidation sites excluding steroid dienone is 1. The summed E-state index contributed by atoms with van der Waals surface area (Å²) in [4.78, 5) is 13.9. The lowest BCUT2D eigenvalue weighted by Crippen LogP contribution is -2.56. The molecule has 0 bridgehead atoms. The number of hydrogen-bond donors (Lipinski definition) is 3. The number of Topliss-reactive ketones (excluding diaryl/α,β-unsaturated/α-hetero) is 1. The quantitative estimate of drug-likeness (QED) is 0.360. The second kappa shape index (κ2) is 13.7. The molecule has 226 valence electrons. The van der Waals surface area contributed by atoms with Crippen molar-refractivity contribution in [1.29, 1.82) is 0 Å². The highest BCUT2D eigenvalue weighted by molar-refractivity contribution is 5.91. The molecule has 2 rings (SSSR count). The van der Waals surface area contributed by atoms with E-state index < -0.39 is 53.4 Å². The highest BCUT2D eigenvalue weighted by atomic mass is 16.6. The first-order valence-electron chi connectivity index (χ1n) is 14.8. The standard InChI is InChI=1S/C32H56O7/c1-18(2)15-37-26-23(9)27(38-16-19(3)4)28(39-17-20(5)6)30(35)31(10,11)13-12-21(7)29(34)32(36)14-22(8)25(33)24(26)32/h12-13,18-22,24-28,30,33,35-36H,9,14-17H2,1-8,10-11H3/b13-12+/t21-,22-,24+,25-,26-,27-,28+,30+,32+/m0/s1. The fourth-order valence-electron chi connectivity index (χ4n) is 5.73. The van der Waals surface area contributed by atoms with Gasteiger partial charge in [0.25, 0.3) is 0 Å². The summed E-state index contributed by atoms with van der Waals surface area (Å²) in [7, 11) is 0.